The topological polar surface area (TPSA) is 49.7 Å². The van der Waals surface area contributed by atoms with Gasteiger partial charge >= 0.3 is 0 Å². The van der Waals surface area contributed by atoms with Crippen LogP contribution >= 0.6 is 11.3 Å². The van der Waals surface area contributed by atoms with E-state index in [9.17, 15) is 8.42 Å². The minimum absolute atomic E-state index is 0.484. The van der Waals surface area contributed by atoms with Gasteiger partial charge in [-0.2, -0.15) is 0 Å². The van der Waals surface area contributed by atoms with Crippen molar-refractivity contribution in [2.45, 2.75) is 25.8 Å². The Bertz CT molecular complexity index is 758. The molecule has 4 nitrogen and oxygen atoms in total. The molecule has 1 saturated heterocycles. The van der Waals surface area contributed by atoms with Crippen molar-refractivity contribution in [2.24, 2.45) is 4.99 Å². The largest absolute Gasteiger partial charge is 0.273 e. The average molecular weight is 322 g/mol. The molecule has 6 heteroatoms. The highest BCUT2D eigenvalue weighted by Crippen LogP contribution is 2.46. The quantitative estimate of drug-likeness (QED) is 0.840. The molecule has 0 amide bonds. The number of rotatable bonds is 2. The van der Waals surface area contributed by atoms with Crippen molar-refractivity contribution < 1.29 is 8.42 Å². The summed E-state index contributed by atoms with van der Waals surface area (Å²) >= 11 is 1.60. The maximum absolute atomic E-state index is 12.1. The predicted molar refractivity (Wildman–Crippen MR) is 88.1 cm³/mol. The van der Waals surface area contributed by atoms with E-state index in [2.05, 4.69) is 0 Å². The van der Waals surface area contributed by atoms with Gasteiger partial charge in [-0.05, 0) is 43.0 Å². The summed E-state index contributed by atoms with van der Waals surface area (Å²) in [6.45, 7) is 4.48. The number of hydrogen-bond acceptors (Lipinski definition) is 4. The van der Waals surface area contributed by atoms with Crippen LogP contribution in [0.15, 0.2) is 39.9 Å². The van der Waals surface area contributed by atoms with Gasteiger partial charge in [0.1, 0.15) is 5.54 Å². The van der Waals surface area contributed by atoms with Crippen LogP contribution in [0.5, 0.6) is 0 Å². The Hall–Kier alpha value is -1.40. The van der Waals surface area contributed by atoms with Gasteiger partial charge in [-0.25, -0.2) is 8.42 Å². The SMILES string of the molecule is CC1=CC(C)=N[C@]12CCN(S(C)(=O)=O)/C2=C/c1cccs1. The highest BCUT2D eigenvalue weighted by molar-refractivity contribution is 7.88. The lowest BCUT2D eigenvalue weighted by molar-refractivity contribution is 0.515. The van der Waals surface area contributed by atoms with Gasteiger partial charge in [0, 0.05) is 23.6 Å². The van der Waals surface area contributed by atoms with Crippen molar-refractivity contribution in [3.05, 3.63) is 39.7 Å². The summed E-state index contributed by atoms with van der Waals surface area (Å²) in [4.78, 5) is 5.83. The Labute approximate surface area is 129 Å². The number of allylic oxidation sites excluding steroid dienone is 1. The Morgan fingerprint density at radius 2 is 2.19 bits per heavy atom. The van der Waals surface area contributed by atoms with Crippen LogP contribution in [0.1, 0.15) is 25.1 Å². The Morgan fingerprint density at radius 1 is 1.43 bits per heavy atom. The van der Waals surface area contributed by atoms with Crippen LogP contribution < -0.4 is 0 Å². The number of sulfonamides is 1. The van der Waals surface area contributed by atoms with Crippen LogP contribution in [-0.4, -0.2) is 36.8 Å². The molecular formula is C15H18N2O2S2. The molecule has 2 aliphatic rings. The molecule has 21 heavy (non-hydrogen) atoms. The monoisotopic (exact) mass is 322 g/mol. The molecule has 0 N–H and O–H groups in total. The smallest absolute Gasteiger partial charge is 0.232 e. The normalized spacial score (nSPS) is 27.6. The summed E-state index contributed by atoms with van der Waals surface area (Å²) in [5.41, 5.74) is 2.35. The number of nitrogens with zero attached hydrogens (tertiary/aromatic N) is 2. The van der Waals surface area contributed by atoms with Crippen LogP contribution in [0, 0.1) is 0 Å². The Balaban J connectivity index is 2.17. The molecule has 3 heterocycles. The molecule has 1 fully saturated rings. The molecule has 0 unspecified atom stereocenters. The lowest BCUT2D eigenvalue weighted by Gasteiger charge is -2.27. The average Bonchev–Trinajstić information content (AvgIpc) is 3.03. The van der Waals surface area contributed by atoms with E-state index in [1.807, 2.05) is 43.5 Å². The molecule has 0 radical (unpaired) electrons. The van der Waals surface area contributed by atoms with E-state index < -0.39 is 15.6 Å². The van der Waals surface area contributed by atoms with E-state index >= 15 is 0 Å². The summed E-state index contributed by atoms with van der Waals surface area (Å²) in [7, 11) is -3.29. The van der Waals surface area contributed by atoms with E-state index in [1.165, 1.54) is 10.6 Å². The molecule has 1 aromatic heterocycles. The minimum Gasteiger partial charge on any atom is -0.273 e. The third-order valence-corrected chi connectivity index (χ3v) is 6.04. The molecule has 3 rings (SSSR count). The molecule has 0 aromatic carbocycles. The molecule has 0 aliphatic carbocycles. The Kier molecular flexibility index (Phi) is 3.33. The molecule has 112 valence electrons. The van der Waals surface area contributed by atoms with E-state index in [-0.39, 0.29) is 0 Å². The van der Waals surface area contributed by atoms with Crippen LogP contribution in [0.2, 0.25) is 0 Å². The van der Waals surface area contributed by atoms with Crippen LogP contribution in [0.4, 0.5) is 0 Å². The fourth-order valence-corrected chi connectivity index (χ4v) is 4.76. The van der Waals surface area contributed by atoms with Crippen LogP contribution in [0.3, 0.4) is 0 Å². The molecule has 0 saturated carbocycles. The van der Waals surface area contributed by atoms with Gasteiger partial charge in [0.25, 0.3) is 0 Å². The fraction of sp³-hybridized carbons (Fsp3) is 0.400. The van der Waals surface area contributed by atoms with E-state index in [1.54, 1.807) is 11.3 Å². The molecule has 2 aliphatic heterocycles. The first-order chi connectivity index (χ1) is 9.83. The van der Waals surface area contributed by atoms with Crippen molar-refractivity contribution in [1.82, 2.24) is 4.31 Å². The molecule has 1 aromatic rings. The summed E-state index contributed by atoms with van der Waals surface area (Å²) < 4.78 is 25.7. The summed E-state index contributed by atoms with van der Waals surface area (Å²) in [6.07, 6.45) is 5.99. The van der Waals surface area contributed by atoms with Gasteiger partial charge in [-0.15, -0.1) is 11.3 Å². The predicted octanol–water partition coefficient (Wildman–Crippen LogP) is 2.91. The van der Waals surface area contributed by atoms with Crippen molar-refractivity contribution in [3.8, 4) is 0 Å². The first-order valence-corrected chi connectivity index (χ1v) is 9.54. The minimum atomic E-state index is -3.29. The zero-order valence-corrected chi connectivity index (χ0v) is 14.0. The van der Waals surface area contributed by atoms with Gasteiger partial charge in [-0.1, -0.05) is 6.07 Å². The Morgan fingerprint density at radius 3 is 2.71 bits per heavy atom. The third kappa shape index (κ3) is 2.36. The van der Waals surface area contributed by atoms with Crippen LogP contribution in [0.25, 0.3) is 6.08 Å². The first kappa shape index (κ1) is 14.5. The third-order valence-electron chi connectivity index (χ3n) is 4.04. The fourth-order valence-electron chi connectivity index (χ4n) is 3.13. The lowest BCUT2D eigenvalue weighted by Crippen LogP contribution is -2.32. The zero-order chi connectivity index (χ0) is 15.3. The number of thiophene rings is 1. The second kappa shape index (κ2) is 4.81. The molecule has 0 bridgehead atoms. The first-order valence-electron chi connectivity index (χ1n) is 6.81. The molecule has 1 spiro atoms. The van der Waals surface area contributed by atoms with Gasteiger partial charge in [0.05, 0.1) is 12.0 Å². The zero-order valence-electron chi connectivity index (χ0n) is 12.3. The summed E-state index contributed by atoms with van der Waals surface area (Å²) in [6, 6.07) is 3.96. The number of aliphatic imine (C=N–C) groups is 1. The van der Waals surface area contributed by atoms with Crippen molar-refractivity contribution in [1.29, 1.82) is 0 Å². The summed E-state index contributed by atoms with van der Waals surface area (Å²) in [5.74, 6) is 0. The van der Waals surface area contributed by atoms with Gasteiger partial charge in [0.2, 0.25) is 10.0 Å². The standard InChI is InChI=1S/C15H18N2O2S2/c1-11-9-12(2)16-15(11)6-7-17(21(3,18)19)14(15)10-13-5-4-8-20-13/h4-5,8-10H,6-7H2,1-3H3/b14-10+/t15-/m1/s1. The lowest BCUT2D eigenvalue weighted by atomic mass is 9.88. The van der Waals surface area contributed by atoms with E-state index in [0.717, 1.165) is 21.9 Å². The van der Waals surface area contributed by atoms with E-state index in [4.69, 9.17) is 4.99 Å². The molecule has 1 atom stereocenters. The van der Waals surface area contributed by atoms with Crippen molar-refractivity contribution >= 4 is 33.1 Å². The van der Waals surface area contributed by atoms with Gasteiger partial charge < -0.3 is 0 Å². The van der Waals surface area contributed by atoms with Crippen molar-refractivity contribution in [2.75, 3.05) is 12.8 Å². The maximum Gasteiger partial charge on any atom is 0.232 e. The highest BCUT2D eigenvalue weighted by atomic mass is 32.2. The van der Waals surface area contributed by atoms with E-state index in [0.29, 0.717) is 13.0 Å². The highest BCUT2D eigenvalue weighted by Gasteiger charge is 2.48. The van der Waals surface area contributed by atoms with Gasteiger partial charge in [0.15, 0.2) is 0 Å². The molecular weight excluding hydrogens is 304 g/mol. The van der Waals surface area contributed by atoms with Crippen molar-refractivity contribution in [3.63, 3.8) is 0 Å². The van der Waals surface area contributed by atoms with Crippen LogP contribution in [-0.2, 0) is 10.0 Å². The van der Waals surface area contributed by atoms with Gasteiger partial charge in [-0.3, -0.25) is 9.30 Å². The second-order valence-electron chi connectivity index (χ2n) is 5.57. The number of hydrogen-bond donors (Lipinski definition) is 0. The second-order valence-corrected chi connectivity index (χ2v) is 8.46. The maximum atomic E-state index is 12.1. The summed E-state index contributed by atoms with van der Waals surface area (Å²) in [5, 5.41) is 1.99.